The van der Waals surface area contributed by atoms with Crippen LogP contribution in [0, 0.1) is 11.8 Å². The van der Waals surface area contributed by atoms with Gasteiger partial charge in [-0.05, 0) is 56.0 Å². The van der Waals surface area contributed by atoms with Crippen LogP contribution >= 0.6 is 11.6 Å². The number of halogens is 1. The number of nitrogens with zero attached hydrogens (tertiary/aromatic N) is 1. The molecule has 0 spiro atoms. The van der Waals surface area contributed by atoms with Gasteiger partial charge in [0, 0.05) is 10.6 Å². The van der Waals surface area contributed by atoms with Crippen LogP contribution in [0.25, 0.3) is 22.6 Å². The number of ether oxygens (including phenoxy) is 2. The molecule has 2 aromatic carbocycles. The average Bonchev–Trinajstić information content (AvgIpc) is 3.35. The van der Waals surface area contributed by atoms with Crippen molar-refractivity contribution < 1.29 is 19.0 Å². The van der Waals surface area contributed by atoms with E-state index in [4.69, 9.17) is 30.6 Å². The molecule has 0 atom stereocenters. The lowest BCUT2D eigenvalue weighted by atomic mass is 10.2. The smallest absolute Gasteiger partial charge is 0.227 e. The summed E-state index contributed by atoms with van der Waals surface area (Å²) in [5, 5.41) is 9.48. The zero-order chi connectivity index (χ0) is 19.5. The first-order chi connectivity index (χ1) is 13.7. The molecule has 5 nitrogen and oxygen atoms in total. The number of aliphatic hydroxyl groups is 1. The van der Waals surface area contributed by atoms with Gasteiger partial charge in [0.1, 0.15) is 12.1 Å². The van der Waals surface area contributed by atoms with E-state index in [2.05, 4.69) is 16.8 Å². The van der Waals surface area contributed by atoms with Crippen molar-refractivity contribution in [2.75, 3.05) is 13.7 Å². The van der Waals surface area contributed by atoms with E-state index in [0.717, 1.165) is 18.4 Å². The minimum Gasteiger partial charge on any atom is -0.493 e. The predicted octanol–water partition coefficient (Wildman–Crippen LogP) is 4.82. The number of hydrogen-bond donors (Lipinski definition) is 1. The van der Waals surface area contributed by atoms with E-state index in [9.17, 15) is 0 Å². The zero-order valence-corrected chi connectivity index (χ0v) is 16.3. The van der Waals surface area contributed by atoms with E-state index in [-0.39, 0.29) is 12.7 Å². The summed E-state index contributed by atoms with van der Waals surface area (Å²) in [6, 6.07) is 9.06. The SMILES string of the molecule is COc1ccc(-c2nc3cc(Cl)cc(C#CCO)c3o2)cc1OC1CCCC1. The van der Waals surface area contributed by atoms with Gasteiger partial charge in [0.25, 0.3) is 0 Å². The van der Waals surface area contributed by atoms with E-state index in [0.29, 0.717) is 39.1 Å². The number of benzene rings is 2. The Kier molecular flexibility index (Phi) is 5.43. The Morgan fingerprint density at radius 2 is 2.04 bits per heavy atom. The highest BCUT2D eigenvalue weighted by Crippen LogP contribution is 2.36. The molecule has 1 aromatic heterocycles. The maximum atomic E-state index is 8.97. The molecule has 1 fully saturated rings. The first-order valence-corrected chi connectivity index (χ1v) is 9.60. The third-order valence-corrected chi connectivity index (χ3v) is 4.98. The minimum absolute atomic E-state index is 0.215. The molecule has 1 N–H and O–H groups in total. The van der Waals surface area contributed by atoms with Crippen molar-refractivity contribution in [2.45, 2.75) is 31.8 Å². The van der Waals surface area contributed by atoms with Gasteiger partial charge in [-0.15, -0.1) is 0 Å². The van der Waals surface area contributed by atoms with E-state index < -0.39 is 0 Å². The Balaban J connectivity index is 1.74. The fourth-order valence-electron chi connectivity index (χ4n) is 3.44. The largest absolute Gasteiger partial charge is 0.493 e. The molecule has 1 aliphatic rings. The van der Waals surface area contributed by atoms with Gasteiger partial charge < -0.3 is 19.0 Å². The number of methoxy groups -OCH3 is 1. The summed E-state index contributed by atoms with van der Waals surface area (Å²) in [6.07, 6.45) is 4.71. The molecule has 28 heavy (non-hydrogen) atoms. The van der Waals surface area contributed by atoms with Crippen LogP contribution < -0.4 is 9.47 Å². The molecule has 0 aliphatic heterocycles. The van der Waals surface area contributed by atoms with Crippen LogP contribution in [0.4, 0.5) is 0 Å². The summed E-state index contributed by atoms with van der Waals surface area (Å²) in [4.78, 5) is 4.56. The number of aromatic nitrogens is 1. The van der Waals surface area contributed by atoms with Gasteiger partial charge in [0.2, 0.25) is 5.89 Å². The summed E-state index contributed by atoms with van der Waals surface area (Å²) >= 11 is 6.17. The molecular formula is C22H20ClNO4. The van der Waals surface area contributed by atoms with E-state index in [1.165, 1.54) is 12.8 Å². The molecule has 144 valence electrons. The number of hydrogen-bond acceptors (Lipinski definition) is 5. The monoisotopic (exact) mass is 397 g/mol. The topological polar surface area (TPSA) is 64.7 Å². The van der Waals surface area contributed by atoms with Crippen LogP contribution in [0.15, 0.2) is 34.7 Å². The van der Waals surface area contributed by atoms with Gasteiger partial charge in [0.05, 0.1) is 18.8 Å². The molecule has 0 amide bonds. The fourth-order valence-corrected chi connectivity index (χ4v) is 3.65. The minimum atomic E-state index is -0.241. The maximum absolute atomic E-state index is 8.97. The highest BCUT2D eigenvalue weighted by Gasteiger charge is 2.20. The predicted molar refractivity (Wildman–Crippen MR) is 108 cm³/mol. The number of aliphatic hydroxyl groups excluding tert-OH is 1. The summed E-state index contributed by atoms with van der Waals surface area (Å²) < 4.78 is 17.6. The first kappa shape index (κ1) is 18.7. The molecule has 0 radical (unpaired) electrons. The van der Waals surface area contributed by atoms with Crippen LogP contribution in [-0.4, -0.2) is 29.9 Å². The molecule has 6 heteroatoms. The van der Waals surface area contributed by atoms with Gasteiger partial charge in [-0.1, -0.05) is 23.4 Å². The average molecular weight is 398 g/mol. The standard InChI is InChI=1S/C22H20ClNO4/c1-26-19-9-8-15(12-20(19)27-17-6-2-3-7-17)22-24-18-13-16(23)11-14(5-4-10-25)21(18)28-22/h8-9,11-13,17,25H,2-3,6-7,10H2,1H3. The lowest BCUT2D eigenvalue weighted by molar-refractivity contribution is 0.201. The normalized spacial score (nSPS) is 14.1. The van der Waals surface area contributed by atoms with Gasteiger partial charge in [-0.3, -0.25) is 0 Å². The molecule has 0 saturated heterocycles. The first-order valence-electron chi connectivity index (χ1n) is 9.23. The van der Waals surface area contributed by atoms with Gasteiger partial charge >= 0.3 is 0 Å². The number of fused-ring (bicyclic) bond motifs is 1. The van der Waals surface area contributed by atoms with Crippen LogP contribution in [-0.2, 0) is 0 Å². The van der Waals surface area contributed by atoms with Crippen molar-refractivity contribution in [3.05, 3.63) is 40.9 Å². The van der Waals surface area contributed by atoms with E-state index in [1.54, 1.807) is 19.2 Å². The Bertz CT molecular complexity index is 1060. The quantitative estimate of drug-likeness (QED) is 0.639. The van der Waals surface area contributed by atoms with Crippen molar-refractivity contribution >= 4 is 22.7 Å². The van der Waals surface area contributed by atoms with Crippen LogP contribution in [0.5, 0.6) is 11.5 Å². The van der Waals surface area contributed by atoms with Crippen molar-refractivity contribution in [1.29, 1.82) is 0 Å². The molecule has 1 heterocycles. The molecule has 0 unspecified atom stereocenters. The summed E-state index contributed by atoms with van der Waals surface area (Å²) in [5.41, 5.74) is 2.52. The Labute approximate surface area is 168 Å². The van der Waals surface area contributed by atoms with Gasteiger partial charge in [-0.2, -0.15) is 0 Å². The Hall–Kier alpha value is -2.68. The maximum Gasteiger partial charge on any atom is 0.227 e. The van der Waals surface area contributed by atoms with Crippen LogP contribution in [0.3, 0.4) is 0 Å². The van der Waals surface area contributed by atoms with Crippen molar-refractivity contribution in [3.8, 4) is 34.8 Å². The molecule has 1 saturated carbocycles. The number of oxazole rings is 1. The zero-order valence-electron chi connectivity index (χ0n) is 15.5. The van der Waals surface area contributed by atoms with Crippen molar-refractivity contribution in [3.63, 3.8) is 0 Å². The lowest BCUT2D eigenvalue weighted by Gasteiger charge is -2.16. The van der Waals surface area contributed by atoms with Crippen LogP contribution in [0.2, 0.25) is 5.02 Å². The fraction of sp³-hybridized carbons (Fsp3) is 0.318. The highest BCUT2D eigenvalue weighted by molar-refractivity contribution is 6.31. The molecule has 3 aromatic rings. The second-order valence-corrected chi connectivity index (χ2v) is 7.11. The second-order valence-electron chi connectivity index (χ2n) is 6.67. The third-order valence-electron chi connectivity index (χ3n) is 4.76. The lowest BCUT2D eigenvalue weighted by Crippen LogP contribution is -2.11. The van der Waals surface area contributed by atoms with Gasteiger partial charge in [-0.25, -0.2) is 4.98 Å². The second kappa shape index (κ2) is 8.14. The van der Waals surface area contributed by atoms with E-state index >= 15 is 0 Å². The van der Waals surface area contributed by atoms with Crippen LogP contribution in [0.1, 0.15) is 31.2 Å². The molecular weight excluding hydrogens is 378 g/mol. The Morgan fingerprint density at radius 3 is 2.79 bits per heavy atom. The van der Waals surface area contributed by atoms with Gasteiger partial charge in [0.15, 0.2) is 17.1 Å². The van der Waals surface area contributed by atoms with Crippen molar-refractivity contribution in [2.24, 2.45) is 0 Å². The summed E-state index contributed by atoms with van der Waals surface area (Å²) in [7, 11) is 1.63. The summed E-state index contributed by atoms with van der Waals surface area (Å²) in [5.74, 6) is 7.30. The molecule has 0 bridgehead atoms. The summed E-state index contributed by atoms with van der Waals surface area (Å²) in [6.45, 7) is -0.241. The number of rotatable bonds is 4. The molecule has 1 aliphatic carbocycles. The Morgan fingerprint density at radius 1 is 1.21 bits per heavy atom. The van der Waals surface area contributed by atoms with E-state index in [1.807, 2.05) is 18.2 Å². The highest BCUT2D eigenvalue weighted by atomic mass is 35.5. The van der Waals surface area contributed by atoms with Crippen molar-refractivity contribution in [1.82, 2.24) is 4.98 Å². The molecule has 4 rings (SSSR count). The third kappa shape index (κ3) is 3.80.